The van der Waals surface area contributed by atoms with Gasteiger partial charge in [-0.05, 0) is 31.0 Å². The minimum atomic E-state index is -0.634. The molecule has 0 saturated carbocycles. The summed E-state index contributed by atoms with van der Waals surface area (Å²) in [6.07, 6.45) is 6.27. The molecule has 7 heteroatoms. The maximum absolute atomic E-state index is 13.6. The number of aromatic nitrogens is 6. The Morgan fingerprint density at radius 1 is 1.04 bits per heavy atom. The number of nitrogens with zero attached hydrogens (tertiary/aromatic N) is 5. The van der Waals surface area contributed by atoms with Crippen molar-refractivity contribution in [3.05, 3.63) is 72.2 Å². The number of halogens is 1. The number of hydrogen-bond acceptors (Lipinski definition) is 4. The van der Waals surface area contributed by atoms with Crippen LogP contribution in [-0.2, 0) is 13.0 Å². The topological polar surface area (TPSA) is 72.3 Å². The molecule has 0 saturated heterocycles. The molecule has 3 aromatic heterocycles. The van der Waals surface area contributed by atoms with Gasteiger partial charge in [-0.1, -0.05) is 29.8 Å². The lowest BCUT2D eigenvalue weighted by atomic mass is 10.1. The molecule has 0 amide bonds. The Labute approximate surface area is 149 Å². The van der Waals surface area contributed by atoms with E-state index in [0.29, 0.717) is 11.3 Å². The van der Waals surface area contributed by atoms with Crippen LogP contribution in [-0.4, -0.2) is 29.9 Å². The molecule has 1 N–H and O–H groups in total. The van der Waals surface area contributed by atoms with E-state index in [0.717, 1.165) is 18.7 Å². The van der Waals surface area contributed by atoms with Crippen molar-refractivity contribution < 1.29 is 4.39 Å². The predicted molar refractivity (Wildman–Crippen MR) is 95.7 cm³/mol. The maximum Gasteiger partial charge on any atom is 0.260 e. The number of H-pyrrole nitrogens is 1. The first-order chi connectivity index (χ1) is 12.7. The zero-order valence-corrected chi connectivity index (χ0v) is 14.2. The van der Waals surface area contributed by atoms with Crippen LogP contribution in [0.3, 0.4) is 0 Å². The van der Waals surface area contributed by atoms with Gasteiger partial charge in [0.1, 0.15) is 11.4 Å². The highest BCUT2D eigenvalue weighted by atomic mass is 19.1. The van der Waals surface area contributed by atoms with Crippen molar-refractivity contribution in [1.29, 1.82) is 0 Å². The van der Waals surface area contributed by atoms with E-state index in [2.05, 4.69) is 56.6 Å². The van der Waals surface area contributed by atoms with E-state index in [1.54, 1.807) is 24.7 Å². The number of nitrogens with one attached hydrogen (secondary N) is 1. The highest BCUT2D eigenvalue weighted by Gasteiger charge is 2.12. The summed E-state index contributed by atoms with van der Waals surface area (Å²) < 4.78 is 15.6. The van der Waals surface area contributed by atoms with Crippen molar-refractivity contribution >= 4 is 0 Å². The predicted octanol–water partition coefficient (Wildman–Crippen LogP) is 3.42. The summed E-state index contributed by atoms with van der Waals surface area (Å²) in [5, 5.41) is 9.53. The summed E-state index contributed by atoms with van der Waals surface area (Å²) in [6, 6.07) is 12.0. The van der Waals surface area contributed by atoms with E-state index >= 15 is 0 Å². The number of aryl methyl sites for hydroxylation is 3. The molecule has 6 nitrogen and oxygen atoms in total. The molecule has 0 bridgehead atoms. The molecule has 0 spiro atoms. The van der Waals surface area contributed by atoms with E-state index in [1.165, 1.54) is 11.1 Å². The Kier molecular flexibility index (Phi) is 4.27. The Hall–Kier alpha value is -3.35. The summed E-state index contributed by atoms with van der Waals surface area (Å²) in [7, 11) is 0. The fourth-order valence-electron chi connectivity index (χ4n) is 2.75. The lowest BCUT2D eigenvalue weighted by Crippen LogP contribution is -1.98. The largest absolute Gasteiger partial charge is 0.336 e. The van der Waals surface area contributed by atoms with Gasteiger partial charge < -0.3 is 4.57 Å². The summed E-state index contributed by atoms with van der Waals surface area (Å²) >= 11 is 0. The van der Waals surface area contributed by atoms with E-state index in [-0.39, 0.29) is 5.69 Å². The highest BCUT2D eigenvalue weighted by molar-refractivity contribution is 5.65. The molecular weight excluding hydrogens is 331 g/mol. The van der Waals surface area contributed by atoms with Gasteiger partial charge in [0.05, 0.1) is 12.0 Å². The lowest BCUT2D eigenvalue weighted by molar-refractivity contribution is 0.581. The number of benzene rings is 1. The van der Waals surface area contributed by atoms with Crippen LogP contribution in [0.15, 0.2) is 55.1 Å². The van der Waals surface area contributed by atoms with Crippen LogP contribution >= 0.6 is 0 Å². The minimum Gasteiger partial charge on any atom is -0.336 e. The second-order valence-electron chi connectivity index (χ2n) is 6.13. The Bertz CT molecular complexity index is 1020. The summed E-state index contributed by atoms with van der Waals surface area (Å²) in [4.78, 5) is 8.75. The SMILES string of the molecule is Cc1ccc(CCn2cnc(-c3cc(-c4n[nH]nc4F)ccn3)c2)cc1. The van der Waals surface area contributed by atoms with Crippen molar-refractivity contribution in [2.24, 2.45) is 0 Å². The van der Waals surface area contributed by atoms with Crippen LogP contribution in [0.5, 0.6) is 0 Å². The lowest BCUT2D eigenvalue weighted by Gasteiger charge is -2.03. The molecule has 0 radical (unpaired) electrons. The molecule has 0 aliphatic carbocycles. The molecule has 3 heterocycles. The van der Waals surface area contributed by atoms with Gasteiger partial charge in [-0.3, -0.25) is 4.98 Å². The van der Waals surface area contributed by atoms with Gasteiger partial charge >= 0.3 is 0 Å². The van der Waals surface area contributed by atoms with E-state index in [9.17, 15) is 4.39 Å². The third-order valence-corrected chi connectivity index (χ3v) is 4.21. The first-order valence-corrected chi connectivity index (χ1v) is 8.29. The molecular formula is C19H17FN6. The molecule has 26 heavy (non-hydrogen) atoms. The van der Waals surface area contributed by atoms with E-state index in [1.807, 2.05) is 10.8 Å². The van der Waals surface area contributed by atoms with Gasteiger partial charge in [-0.2, -0.15) is 14.7 Å². The summed E-state index contributed by atoms with van der Waals surface area (Å²) in [6.45, 7) is 2.91. The van der Waals surface area contributed by atoms with Crippen LogP contribution in [0.1, 0.15) is 11.1 Å². The molecule has 4 rings (SSSR count). The quantitative estimate of drug-likeness (QED) is 0.600. The number of rotatable bonds is 5. The Morgan fingerprint density at radius 2 is 1.88 bits per heavy atom. The van der Waals surface area contributed by atoms with Crippen LogP contribution in [0.2, 0.25) is 0 Å². The van der Waals surface area contributed by atoms with Crippen molar-refractivity contribution in [1.82, 2.24) is 29.9 Å². The average Bonchev–Trinajstić information content (AvgIpc) is 3.30. The maximum atomic E-state index is 13.6. The fraction of sp³-hybridized carbons (Fsp3) is 0.158. The first-order valence-electron chi connectivity index (χ1n) is 8.29. The molecule has 130 valence electrons. The zero-order chi connectivity index (χ0) is 17.9. The molecule has 4 aromatic rings. The van der Waals surface area contributed by atoms with Crippen molar-refractivity contribution in [2.45, 2.75) is 19.9 Å². The number of imidazole rings is 1. The van der Waals surface area contributed by atoms with Gasteiger partial charge in [0.25, 0.3) is 5.95 Å². The van der Waals surface area contributed by atoms with Crippen molar-refractivity contribution in [3.8, 4) is 22.6 Å². The second kappa shape index (κ2) is 6.87. The first kappa shape index (κ1) is 16.1. The number of hydrogen-bond donors (Lipinski definition) is 1. The van der Waals surface area contributed by atoms with Gasteiger partial charge in [-0.25, -0.2) is 4.98 Å². The minimum absolute atomic E-state index is 0.174. The zero-order valence-electron chi connectivity index (χ0n) is 14.2. The van der Waals surface area contributed by atoms with Gasteiger partial charge in [-0.15, -0.1) is 5.10 Å². The Balaban J connectivity index is 1.51. The second-order valence-corrected chi connectivity index (χ2v) is 6.13. The molecule has 0 atom stereocenters. The fourth-order valence-corrected chi connectivity index (χ4v) is 2.75. The third kappa shape index (κ3) is 3.37. The smallest absolute Gasteiger partial charge is 0.260 e. The van der Waals surface area contributed by atoms with Crippen LogP contribution < -0.4 is 0 Å². The van der Waals surface area contributed by atoms with Crippen molar-refractivity contribution in [3.63, 3.8) is 0 Å². The Morgan fingerprint density at radius 3 is 2.65 bits per heavy atom. The molecule has 0 unspecified atom stereocenters. The van der Waals surface area contributed by atoms with E-state index in [4.69, 9.17) is 0 Å². The summed E-state index contributed by atoms with van der Waals surface area (Å²) in [5.74, 6) is -0.634. The van der Waals surface area contributed by atoms with Gasteiger partial charge in [0.2, 0.25) is 0 Å². The normalized spacial score (nSPS) is 11.0. The standard InChI is InChI=1S/C19H17FN6/c1-13-2-4-14(5-3-13)7-9-26-11-17(22-12-26)16-10-15(6-8-21-16)18-19(20)24-25-23-18/h2-6,8,10-12H,7,9H2,1H3,(H,23,24,25). The average molecular weight is 348 g/mol. The molecule has 1 aromatic carbocycles. The van der Waals surface area contributed by atoms with Crippen LogP contribution in [0, 0.1) is 12.9 Å². The van der Waals surface area contributed by atoms with E-state index < -0.39 is 5.95 Å². The van der Waals surface area contributed by atoms with Gasteiger partial charge in [0.15, 0.2) is 0 Å². The van der Waals surface area contributed by atoms with Crippen molar-refractivity contribution in [2.75, 3.05) is 0 Å². The molecule has 0 aliphatic rings. The molecule has 0 aliphatic heterocycles. The van der Waals surface area contributed by atoms with Crippen LogP contribution in [0.4, 0.5) is 4.39 Å². The van der Waals surface area contributed by atoms with Crippen LogP contribution in [0.25, 0.3) is 22.6 Å². The monoisotopic (exact) mass is 348 g/mol. The van der Waals surface area contributed by atoms with Gasteiger partial charge in [0, 0.05) is 24.5 Å². The number of pyridine rings is 1. The molecule has 0 fully saturated rings. The number of aromatic amines is 1. The summed E-state index contributed by atoms with van der Waals surface area (Å²) in [5.41, 5.74) is 4.72. The highest BCUT2D eigenvalue weighted by Crippen LogP contribution is 2.23. The third-order valence-electron chi connectivity index (χ3n) is 4.21.